The van der Waals surface area contributed by atoms with E-state index in [-0.39, 0.29) is 6.61 Å². The molecular weight excluding hydrogens is 260 g/mol. The molecule has 0 aliphatic rings. The number of hydrogen-bond acceptors (Lipinski definition) is 7. The van der Waals surface area contributed by atoms with E-state index in [4.69, 9.17) is 9.84 Å². The van der Waals surface area contributed by atoms with E-state index in [1.54, 1.807) is 6.33 Å². The van der Waals surface area contributed by atoms with E-state index in [2.05, 4.69) is 37.5 Å². The lowest BCUT2D eigenvalue weighted by Gasteiger charge is -2.09. The van der Waals surface area contributed by atoms with Crippen LogP contribution in [0.4, 0.5) is 11.8 Å². The molecule has 0 amide bonds. The van der Waals surface area contributed by atoms with Gasteiger partial charge < -0.3 is 25.5 Å². The van der Waals surface area contributed by atoms with Gasteiger partial charge in [-0.1, -0.05) is 6.92 Å². The Morgan fingerprint density at radius 2 is 2.15 bits per heavy atom. The number of aliphatic hydroxyl groups excluding tert-OH is 1. The third-order valence-corrected chi connectivity index (χ3v) is 2.59. The van der Waals surface area contributed by atoms with Crippen LogP contribution in [0, 0.1) is 0 Å². The zero-order chi connectivity index (χ0) is 14.2. The zero-order valence-electron chi connectivity index (χ0n) is 11.5. The molecule has 0 fully saturated rings. The number of nitrogens with one attached hydrogen (secondary N) is 3. The predicted molar refractivity (Wildman–Crippen MR) is 76.9 cm³/mol. The fourth-order valence-corrected chi connectivity index (χ4v) is 1.69. The van der Waals surface area contributed by atoms with Crippen LogP contribution in [-0.4, -0.2) is 58.0 Å². The monoisotopic (exact) mass is 280 g/mol. The average Bonchev–Trinajstić information content (AvgIpc) is 2.93. The lowest BCUT2D eigenvalue weighted by atomic mass is 10.4. The van der Waals surface area contributed by atoms with E-state index in [1.807, 2.05) is 0 Å². The number of aromatic nitrogens is 4. The normalized spacial score (nSPS) is 10.9. The lowest BCUT2D eigenvalue weighted by molar-refractivity contribution is 0.0992. The molecular formula is C12H20N6O2. The molecule has 0 aromatic carbocycles. The van der Waals surface area contributed by atoms with Crippen molar-refractivity contribution >= 4 is 22.9 Å². The number of ether oxygens (including phenoxy) is 1. The summed E-state index contributed by atoms with van der Waals surface area (Å²) >= 11 is 0. The number of imidazole rings is 1. The second kappa shape index (κ2) is 7.61. The van der Waals surface area contributed by atoms with E-state index in [9.17, 15) is 0 Å². The van der Waals surface area contributed by atoms with Crippen LogP contribution in [-0.2, 0) is 4.74 Å². The van der Waals surface area contributed by atoms with Gasteiger partial charge in [0.15, 0.2) is 11.5 Å². The summed E-state index contributed by atoms with van der Waals surface area (Å²) in [5, 5.41) is 15.0. The first kappa shape index (κ1) is 14.5. The Kier molecular flexibility index (Phi) is 5.51. The van der Waals surface area contributed by atoms with Gasteiger partial charge in [0.1, 0.15) is 5.52 Å². The Balaban J connectivity index is 2.03. The highest BCUT2D eigenvalue weighted by Crippen LogP contribution is 2.18. The van der Waals surface area contributed by atoms with Crippen LogP contribution < -0.4 is 10.6 Å². The number of H-pyrrole nitrogens is 1. The van der Waals surface area contributed by atoms with Gasteiger partial charge in [-0.2, -0.15) is 9.97 Å². The van der Waals surface area contributed by atoms with Gasteiger partial charge in [-0.15, -0.1) is 0 Å². The molecule has 4 N–H and O–H groups in total. The van der Waals surface area contributed by atoms with Gasteiger partial charge in [-0.3, -0.25) is 0 Å². The summed E-state index contributed by atoms with van der Waals surface area (Å²) < 4.78 is 5.20. The quantitative estimate of drug-likeness (QED) is 0.498. The highest BCUT2D eigenvalue weighted by Gasteiger charge is 2.09. The minimum Gasteiger partial charge on any atom is -0.394 e. The Morgan fingerprint density at radius 1 is 1.25 bits per heavy atom. The average molecular weight is 280 g/mol. The maximum Gasteiger partial charge on any atom is 0.226 e. The summed E-state index contributed by atoms with van der Waals surface area (Å²) in [5.74, 6) is 1.25. The van der Waals surface area contributed by atoms with Crippen molar-refractivity contribution in [3.8, 4) is 0 Å². The van der Waals surface area contributed by atoms with E-state index >= 15 is 0 Å². The number of rotatable bonds is 9. The largest absolute Gasteiger partial charge is 0.394 e. The molecule has 0 aliphatic heterocycles. The third kappa shape index (κ3) is 3.78. The standard InChI is InChI=1S/C12H20N6O2/c1-2-3-14-12-17-10(13-4-6-20-7-5-19)9-11(18-12)16-8-15-9/h8,19H,2-7H2,1H3,(H3,13,14,15,16,17,18). The summed E-state index contributed by atoms with van der Waals surface area (Å²) in [6, 6.07) is 0. The Hall–Kier alpha value is -1.93. The van der Waals surface area contributed by atoms with E-state index in [0.29, 0.717) is 37.2 Å². The highest BCUT2D eigenvalue weighted by molar-refractivity contribution is 5.83. The molecule has 8 heteroatoms. The maximum atomic E-state index is 8.63. The molecule has 0 atom stereocenters. The molecule has 2 rings (SSSR count). The first-order valence-electron chi connectivity index (χ1n) is 6.72. The van der Waals surface area contributed by atoms with Crippen LogP contribution in [0.1, 0.15) is 13.3 Å². The summed E-state index contributed by atoms with van der Waals surface area (Å²) in [6.45, 7) is 4.36. The van der Waals surface area contributed by atoms with Crippen molar-refractivity contribution in [2.24, 2.45) is 0 Å². The van der Waals surface area contributed by atoms with Crippen molar-refractivity contribution in [3.63, 3.8) is 0 Å². The van der Waals surface area contributed by atoms with Crippen molar-refractivity contribution in [1.29, 1.82) is 0 Å². The molecule has 110 valence electrons. The Morgan fingerprint density at radius 3 is 2.95 bits per heavy atom. The minimum atomic E-state index is 0.0311. The second-order valence-corrected chi connectivity index (χ2v) is 4.19. The Bertz CT molecular complexity index is 530. The number of anilines is 2. The molecule has 0 saturated carbocycles. The lowest BCUT2D eigenvalue weighted by Crippen LogP contribution is -2.13. The van der Waals surface area contributed by atoms with Crippen LogP contribution in [0.5, 0.6) is 0 Å². The molecule has 0 unspecified atom stereocenters. The van der Waals surface area contributed by atoms with Crippen LogP contribution in [0.2, 0.25) is 0 Å². The number of nitrogens with zero attached hydrogens (tertiary/aromatic N) is 3. The molecule has 8 nitrogen and oxygen atoms in total. The summed E-state index contributed by atoms with van der Waals surface area (Å²) in [6.07, 6.45) is 2.59. The molecule has 0 aliphatic carbocycles. The summed E-state index contributed by atoms with van der Waals surface area (Å²) in [4.78, 5) is 15.9. The first-order valence-corrected chi connectivity index (χ1v) is 6.72. The van der Waals surface area contributed by atoms with Crippen molar-refractivity contribution in [2.45, 2.75) is 13.3 Å². The van der Waals surface area contributed by atoms with Crippen molar-refractivity contribution < 1.29 is 9.84 Å². The molecule has 2 aromatic heterocycles. The topological polar surface area (TPSA) is 108 Å². The molecule has 20 heavy (non-hydrogen) atoms. The predicted octanol–water partition coefficient (Wildman–Crippen LogP) is 0.596. The van der Waals surface area contributed by atoms with Crippen LogP contribution in [0.15, 0.2) is 6.33 Å². The summed E-state index contributed by atoms with van der Waals surface area (Å²) in [7, 11) is 0. The smallest absolute Gasteiger partial charge is 0.226 e. The maximum absolute atomic E-state index is 8.63. The van der Waals surface area contributed by atoms with Crippen LogP contribution in [0.25, 0.3) is 11.2 Å². The number of aliphatic hydroxyl groups is 1. The van der Waals surface area contributed by atoms with Crippen LogP contribution in [0.3, 0.4) is 0 Å². The third-order valence-electron chi connectivity index (χ3n) is 2.59. The number of hydrogen-bond donors (Lipinski definition) is 4. The van der Waals surface area contributed by atoms with E-state index in [0.717, 1.165) is 18.5 Å². The zero-order valence-corrected chi connectivity index (χ0v) is 11.5. The van der Waals surface area contributed by atoms with Gasteiger partial charge in [0, 0.05) is 13.1 Å². The first-order chi connectivity index (χ1) is 9.85. The molecule has 2 aromatic rings. The number of fused-ring (bicyclic) bond motifs is 1. The minimum absolute atomic E-state index is 0.0311. The van der Waals surface area contributed by atoms with Gasteiger partial charge in [0.2, 0.25) is 5.95 Å². The van der Waals surface area contributed by atoms with E-state index in [1.165, 1.54) is 0 Å². The Labute approximate surface area is 117 Å². The van der Waals surface area contributed by atoms with Crippen molar-refractivity contribution in [1.82, 2.24) is 19.9 Å². The molecule has 0 saturated heterocycles. The van der Waals surface area contributed by atoms with Crippen LogP contribution >= 0.6 is 0 Å². The summed E-state index contributed by atoms with van der Waals surface area (Å²) in [5.41, 5.74) is 1.39. The fourth-order valence-electron chi connectivity index (χ4n) is 1.69. The molecule has 0 radical (unpaired) electrons. The van der Waals surface area contributed by atoms with Crippen molar-refractivity contribution in [2.75, 3.05) is 43.5 Å². The molecule has 0 bridgehead atoms. The SMILES string of the molecule is CCCNc1nc(NCCOCCO)c2[nH]cnc2n1. The van der Waals surface area contributed by atoms with Gasteiger partial charge >= 0.3 is 0 Å². The van der Waals surface area contributed by atoms with Crippen molar-refractivity contribution in [3.05, 3.63) is 6.33 Å². The second-order valence-electron chi connectivity index (χ2n) is 4.19. The molecule has 0 spiro atoms. The van der Waals surface area contributed by atoms with Gasteiger partial charge in [-0.25, -0.2) is 4.98 Å². The van der Waals surface area contributed by atoms with Gasteiger partial charge in [0.25, 0.3) is 0 Å². The van der Waals surface area contributed by atoms with Gasteiger partial charge in [-0.05, 0) is 6.42 Å². The van der Waals surface area contributed by atoms with E-state index < -0.39 is 0 Å². The fraction of sp³-hybridized carbons (Fsp3) is 0.583. The van der Waals surface area contributed by atoms with Gasteiger partial charge in [0.05, 0.1) is 26.1 Å². The molecule has 2 heterocycles. The highest BCUT2D eigenvalue weighted by atomic mass is 16.5. The number of aromatic amines is 1.